The number of hydrogen-bond donors (Lipinski definition) is 2. The summed E-state index contributed by atoms with van der Waals surface area (Å²) < 4.78 is 1.66. The van der Waals surface area contributed by atoms with Crippen LogP contribution in [0.25, 0.3) is 5.69 Å². The Morgan fingerprint density at radius 2 is 2.11 bits per heavy atom. The van der Waals surface area contributed by atoms with Crippen LogP contribution in [-0.2, 0) is 0 Å². The van der Waals surface area contributed by atoms with Crippen molar-refractivity contribution in [3.63, 3.8) is 0 Å². The van der Waals surface area contributed by atoms with E-state index in [1.807, 2.05) is 30.3 Å². The number of aliphatic hydroxyl groups excluding tert-OH is 1. The molecule has 2 N–H and O–H groups in total. The third-order valence-corrected chi connectivity index (χ3v) is 2.68. The number of rotatable bonds is 6. The molecule has 0 saturated carbocycles. The molecule has 0 bridgehead atoms. The fraction of sp³-hybridized carbons (Fsp3) is 0.385. The molecule has 0 aliphatic rings. The SMILES string of the molecule is CCCNCC(O)c1cnnn1-c1ccccc1. The van der Waals surface area contributed by atoms with E-state index < -0.39 is 6.10 Å². The highest BCUT2D eigenvalue weighted by Gasteiger charge is 2.14. The number of hydrogen-bond acceptors (Lipinski definition) is 4. The Balaban J connectivity index is 2.12. The van der Waals surface area contributed by atoms with Crippen molar-refractivity contribution in [2.75, 3.05) is 13.1 Å². The summed E-state index contributed by atoms with van der Waals surface area (Å²) in [4.78, 5) is 0. The predicted octanol–water partition coefficient (Wildman–Crippen LogP) is 1.30. The average molecular weight is 246 g/mol. The molecule has 1 atom stereocenters. The molecule has 0 amide bonds. The van der Waals surface area contributed by atoms with Crippen LogP contribution in [0.15, 0.2) is 36.5 Å². The van der Waals surface area contributed by atoms with E-state index >= 15 is 0 Å². The zero-order chi connectivity index (χ0) is 12.8. The zero-order valence-electron chi connectivity index (χ0n) is 10.5. The van der Waals surface area contributed by atoms with Crippen LogP contribution in [-0.4, -0.2) is 33.2 Å². The van der Waals surface area contributed by atoms with E-state index in [0.29, 0.717) is 12.2 Å². The van der Waals surface area contributed by atoms with Crippen molar-refractivity contribution in [3.8, 4) is 5.69 Å². The molecule has 0 aliphatic heterocycles. The fourth-order valence-electron chi connectivity index (χ4n) is 1.76. The van der Waals surface area contributed by atoms with E-state index in [4.69, 9.17) is 0 Å². The normalized spacial score (nSPS) is 12.6. The molecule has 1 aromatic heterocycles. The van der Waals surface area contributed by atoms with Crippen LogP contribution >= 0.6 is 0 Å². The van der Waals surface area contributed by atoms with Crippen LogP contribution in [0.5, 0.6) is 0 Å². The predicted molar refractivity (Wildman–Crippen MR) is 69.5 cm³/mol. The van der Waals surface area contributed by atoms with Gasteiger partial charge in [-0.05, 0) is 25.1 Å². The van der Waals surface area contributed by atoms with Crippen LogP contribution in [0.3, 0.4) is 0 Å². The lowest BCUT2D eigenvalue weighted by Gasteiger charge is -2.12. The quantitative estimate of drug-likeness (QED) is 0.754. The van der Waals surface area contributed by atoms with Gasteiger partial charge in [-0.3, -0.25) is 0 Å². The minimum atomic E-state index is -0.605. The van der Waals surface area contributed by atoms with Gasteiger partial charge in [-0.2, -0.15) is 0 Å². The molecule has 0 radical (unpaired) electrons. The maximum Gasteiger partial charge on any atom is 0.110 e. The first kappa shape index (κ1) is 12.7. The first-order chi connectivity index (χ1) is 8.83. The van der Waals surface area contributed by atoms with Crippen LogP contribution < -0.4 is 5.32 Å². The lowest BCUT2D eigenvalue weighted by Crippen LogP contribution is -2.23. The lowest BCUT2D eigenvalue weighted by atomic mass is 10.2. The molecule has 5 heteroatoms. The fourth-order valence-corrected chi connectivity index (χ4v) is 1.76. The number of nitrogens with one attached hydrogen (secondary N) is 1. The second-order valence-corrected chi connectivity index (χ2v) is 4.13. The van der Waals surface area contributed by atoms with Crippen LogP contribution in [0, 0.1) is 0 Å². The van der Waals surface area contributed by atoms with E-state index in [2.05, 4.69) is 22.6 Å². The summed E-state index contributed by atoms with van der Waals surface area (Å²) in [6, 6.07) is 9.68. The highest BCUT2D eigenvalue weighted by molar-refractivity contribution is 5.31. The number of para-hydroxylation sites is 1. The van der Waals surface area contributed by atoms with Gasteiger partial charge in [0, 0.05) is 6.54 Å². The monoisotopic (exact) mass is 246 g/mol. The van der Waals surface area contributed by atoms with Gasteiger partial charge in [0.25, 0.3) is 0 Å². The molecule has 2 aromatic rings. The average Bonchev–Trinajstić information content (AvgIpc) is 2.89. The molecular formula is C13H18N4O. The summed E-state index contributed by atoms with van der Waals surface area (Å²) in [5.74, 6) is 0. The standard InChI is InChI=1S/C13H18N4O/c1-2-8-14-10-13(18)12-9-15-16-17(12)11-6-4-3-5-7-11/h3-7,9,13-14,18H,2,8,10H2,1H3. The molecule has 96 valence electrons. The summed E-state index contributed by atoms with van der Waals surface area (Å²) in [6.45, 7) is 3.49. The summed E-state index contributed by atoms with van der Waals surface area (Å²) in [5, 5.41) is 21.2. The molecule has 0 aliphatic carbocycles. The molecule has 5 nitrogen and oxygen atoms in total. The van der Waals surface area contributed by atoms with Gasteiger partial charge in [0.05, 0.1) is 17.6 Å². The molecular weight excluding hydrogens is 228 g/mol. The lowest BCUT2D eigenvalue weighted by molar-refractivity contribution is 0.167. The molecule has 2 rings (SSSR count). The van der Waals surface area contributed by atoms with Crippen molar-refractivity contribution < 1.29 is 5.11 Å². The maximum atomic E-state index is 10.1. The van der Waals surface area contributed by atoms with Gasteiger partial charge in [-0.15, -0.1) is 5.10 Å². The van der Waals surface area contributed by atoms with E-state index in [1.54, 1.807) is 10.9 Å². The second kappa shape index (κ2) is 6.28. The van der Waals surface area contributed by atoms with Gasteiger partial charge < -0.3 is 10.4 Å². The minimum Gasteiger partial charge on any atom is -0.385 e. The number of aliphatic hydroxyl groups is 1. The third kappa shape index (κ3) is 2.94. The van der Waals surface area contributed by atoms with E-state index in [-0.39, 0.29) is 0 Å². The Morgan fingerprint density at radius 1 is 1.33 bits per heavy atom. The molecule has 1 unspecified atom stereocenters. The van der Waals surface area contributed by atoms with Gasteiger partial charge in [-0.1, -0.05) is 30.3 Å². The highest BCUT2D eigenvalue weighted by Crippen LogP contribution is 2.15. The summed E-state index contributed by atoms with van der Waals surface area (Å²) in [5.41, 5.74) is 1.60. The topological polar surface area (TPSA) is 63.0 Å². The first-order valence-corrected chi connectivity index (χ1v) is 6.17. The summed E-state index contributed by atoms with van der Waals surface area (Å²) in [7, 11) is 0. The van der Waals surface area contributed by atoms with Crippen LogP contribution in [0.2, 0.25) is 0 Å². The molecule has 0 spiro atoms. The molecule has 0 saturated heterocycles. The Hall–Kier alpha value is -1.72. The van der Waals surface area contributed by atoms with Gasteiger partial charge >= 0.3 is 0 Å². The Kier molecular flexibility index (Phi) is 4.44. The Labute approximate surface area is 106 Å². The van der Waals surface area contributed by atoms with Gasteiger partial charge in [0.2, 0.25) is 0 Å². The Bertz CT molecular complexity index is 469. The first-order valence-electron chi connectivity index (χ1n) is 6.17. The van der Waals surface area contributed by atoms with Crippen molar-refractivity contribution in [2.24, 2.45) is 0 Å². The minimum absolute atomic E-state index is 0.508. The smallest absolute Gasteiger partial charge is 0.110 e. The summed E-state index contributed by atoms with van der Waals surface area (Å²) in [6.07, 6.45) is 2.04. The van der Waals surface area contributed by atoms with Crippen molar-refractivity contribution in [1.29, 1.82) is 0 Å². The van der Waals surface area contributed by atoms with Gasteiger partial charge in [-0.25, -0.2) is 4.68 Å². The number of aromatic nitrogens is 3. The number of benzene rings is 1. The van der Waals surface area contributed by atoms with Crippen molar-refractivity contribution >= 4 is 0 Å². The Morgan fingerprint density at radius 3 is 2.83 bits per heavy atom. The molecule has 0 fully saturated rings. The molecule has 1 heterocycles. The zero-order valence-corrected chi connectivity index (χ0v) is 10.5. The van der Waals surface area contributed by atoms with Crippen LogP contribution in [0.1, 0.15) is 25.1 Å². The van der Waals surface area contributed by atoms with Crippen molar-refractivity contribution in [1.82, 2.24) is 20.3 Å². The van der Waals surface area contributed by atoms with Crippen LogP contribution in [0.4, 0.5) is 0 Å². The largest absolute Gasteiger partial charge is 0.385 e. The van der Waals surface area contributed by atoms with Gasteiger partial charge in [0.1, 0.15) is 6.10 Å². The highest BCUT2D eigenvalue weighted by atomic mass is 16.3. The van der Waals surface area contributed by atoms with E-state index in [1.165, 1.54) is 0 Å². The van der Waals surface area contributed by atoms with E-state index in [0.717, 1.165) is 18.7 Å². The maximum absolute atomic E-state index is 10.1. The van der Waals surface area contributed by atoms with E-state index in [9.17, 15) is 5.11 Å². The third-order valence-electron chi connectivity index (χ3n) is 2.68. The summed E-state index contributed by atoms with van der Waals surface area (Å²) >= 11 is 0. The second-order valence-electron chi connectivity index (χ2n) is 4.13. The molecule has 18 heavy (non-hydrogen) atoms. The van der Waals surface area contributed by atoms with Crippen molar-refractivity contribution in [2.45, 2.75) is 19.4 Å². The number of nitrogens with zero attached hydrogens (tertiary/aromatic N) is 3. The molecule has 1 aromatic carbocycles. The van der Waals surface area contributed by atoms with Crippen molar-refractivity contribution in [3.05, 3.63) is 42.2 Å². The van der Waals surface area contributed by atoms with Gasteiger partial charge in [0.15, 0.2) is 0 Å².